The van der Waals surface area contributed by atoms with E-state index in [1.807, 2.05) is 0 Å². The Bertz CT molecular complexity index is 514. The van der Waals surface area contributed by atoms with E-state index in [1.165, 1.54) is 12.1 Å². The van der Waals surface area contributed by atoms with E-state index in [1.54, 1.807) is 12.1 Å². The van der Waals surface area contributed by atoms with Crippen LogP contribution in [0.3, 0.4) is 0 Å². The molecule has 0 heterocycles. The van der Waals surface area contributed by atoms with E-state index >= 15 is 0 Å². The quantitative estimate of drug-likeness (QED) is 0.752. The van der Waals surface area contributed by atoms with Crippen LogP contribution in [0.2, 0.25) is 0 Å². The molecule has 0 unspecified atom stereocenters. The Balaban J connectivity index is 2.94. The minimum atomic E-state index is -3.88. The van der Waals surface area contributed by atoms with Crippen molar-refractivity contribution in [1.29, 1.82) is 0 Å². The van der Waals surface area contributed by atoms with Gasteiger partial charge < -0.3 is 9.84 Å². The molecule has 18 heavy (non-hydrogen) atoms. The molecular formula is C10H12BrNO5S. The van der Waals surface area contributed by atoms with Gasteiger partial charge in [-0.1, -0.05) is 15.9 Å². The van der Waals surface area contributed by atoms with Gasteiger partial charge in [-0.05, 0) is 24.3 Å². The fraction of sp³-hybridized carbons (Fsp3) is 0.300. The summed E-state index contributed by atoms with van der Waals surface area (Å²) in [5, 5.41) is 8.95. The van der Waals surface area contributed by atoms with Crippen LogP contribution in [-0.2, 0) is 19.6 Å². The number of hydrogen-bond acceptors (Lipinski definition) is 5. The lowest BCUT2D eigenvalue weighted by Crippen LogP contribution is -2.43. The summed E-state index contributed by atoms with van der Waals surface area (Å²) in [6.07, 6.45) is 0. The second-order valence-corrected chi connectivity index (χ2v) is 5.96. The van der Waals surface area contributed by atoms with Crippen molar-refractivity contribution >= 4 is 31.9 Å². The number of aliphatic hydroxyl groups excluding tert-OH is 1. The van der Waals surface area contributed by atoms with Crippen molar-refractivity contribution in [2.24, 2.45) is 0 Å². The Hall–Kier alpha value is -0.960. The first-order chi connectivity index (χ1) is 8.40. The first-order valence-electron chi connectivity index (χ1n) is 4.87. The van der Waals surface area contributed by atoms with Crippen LogP contribution in [0.5, 0.6) is 0 Å². The Labute approximate surface area is 113 Å². The van der Waals surface area contributed by atoms with Crippen molar-refractivity contribution in [1.82, 2.24) is 4.72 Å². The number of methoxy groups -OCH3 is 1. The number of hydrogen-bond donors (Lipinski definition) is 2. The third-order valence-corrected chi connectivity index (χ3v) is 4.11. The summed E-state index contributed by atoms with van der Waals surface area (Å²) in [4.78, 5) is 11.2. The van der Waals surface area contributed by atoms with Crippen LogP contribution in [0.15, 0.2) is 33.6 Å². The van der Waals surface area contributed by atoms with Crippen LogP contribution in [0, 0.1) is 0 Å². The Morgan fingerprint density at radius 1 is 1.44 bits per heavy atom. The summed E-state index contributed by atoms with van der Waals surface area (Å²) in [7, 11) is -2.77. The zero-order chi connectivity index (χ0) is 13.8. The first-order valence-corrected chi connectivity index (χ1v) is 7.15. The van der Waals surface area contributed by atoms with E-state index in [0.717, 1.165) is 11.6 Å². The molecule has 2 N–H and O–H groups in total. The monoisotopic (exact) mass is 337 g/mol. The van der Waals surface area contributed by atoms with Gasteiger partial charge in [-0.3, -0.25) is 4.79 Å². The molecule has 6 nitrogen and oxygen atoms in total. The average Bonchev–Trinajstić information content (AvgIpc) is 2.35. The molecule has 0 saturated heterocycles. The molecule has 0 saturated carbocycles. The summed E-state index contributed by atoms with van der Waals surface area (Å²) in [6.45, 7) is -0.678. The molecule has 0 fully saturated rings. The van der Waals surface area contributed by atoms with Gasteiger partial charge >= 0.3 is 5.97 Å². The maximum Gasteiger partial charge on any atom is 0.326 e. The van der Waals surface area contributed by atoms with Crippen LogP contribution < -0.4 is 4.72 Å². The highest BCUT2D eigenvalue weighted by Crippen LogP contribution is 2.14. The highest BCUT2D eigenvalue weighted by molar-refractivity contribution is 9.10. The summed E-state index contributed by atoms with van der Waals surface area (Å²) in [5.41, 5.74) is 0. The molecule has 0 aliphatic carbocycles. The van der Waals surface area contributed by atoms with Gasteiger partial charge in [0.1, 0.15) is 6.04 Å². The van der Waals surface area contributed by atoms with E-state index in [2.05, 4.69) is 25.4 Å². The number of nitrogens with one attached hydrogen (secondary N) is 1. The van der Waals surface area contributed by atoms with Gasteiger partial charge in [-0.15, -0.1) is 0 Å². The fourth-order valence-corrected chi connectivity index (χ4v) is 2.61. The molecule has 0 aliphatic rings. The molecule has 0 bridgehead atoms. The van der Waals surface area contributed by atoms with Crippen LogP contribution in [-0.4, -0.2) is 39.3 Å². The molecule has 0 aromatic heterocycles. The zero-order valence-electron chi connectivity index (χ0n) is 9.46. The van der Waals surface area contributed by atoms with E-state index in [4.69, 9.17) is 5.11 Å². The Morgan fingerprint density at radius 3 is 2.44 bits per heavy atom. The first kappa shape index (κ1) is 15.1. The fourth-order valence-electron chi connectivity index (χ4n) is 1.17. The van der Waals surface area contributed by atoms with Crippen LogP contribution in [0.4, 0.5) is 0 Å². The summed E-state index contributed by atoms with van der Waals surface area (Å²) in [5.74, 6) is -0.849. The molecule has 0 spiro atoms. The third-order valence-electron chi connectivity index (χ3n) is 2.09. The maximum atomic E-state index is 11.9. The minimum absolute atomic E-state index is 0.00643. The molecule has 0 amide bonds. The standard InChI is InChI=1S/C10H12BrNO5S/c1-17-10(14)9(6-13)12-18(15,16)8-4-2-7(11)3-5-8/h2-5,9,12-13H,6H2,1H3/t9-/m0/s1. The van der Waals surface area contributed by atoms with E-state index in [9.17, 15) is 13.2 Å². The van der Waals surface area contributed by atoms with Crippen molar-refractivity contribution in [2.75, 3.05) is 13.7 Å². The molecule has 1 rings (SSSR count). The van der Waals surface area contributed by atoms with Gasteiger partial charge in [-0.25, -0.2) is 8.42 Å². The van der Waals surface area contributed by atoms with E-state index in [-0.39, 0.29) is 4.90 Å². The Morgan fingerprint density at radius 2 is 2.00 bits per heavy atom. The van der Waals surface area contributed by atoms with Gasteiger partial charge in [0, 0.05) is 4.47 Å². The highest BCUT2D eigenvalue weighted by Gasteiger charge is 2.25. The number of benzene rings is 1. The number of sulfonamides is 1. The van der Waals surface area contributed by atoms with E-state index < -0.39 is 28.6 Å². The summed E-state index contributed by atoms with van der Waals surface area (Å²) < 4.78 is 30.9. The predicted molar refractivity (Wildman–Crippen MR) is 67.4 cm³/mol. The lowest BCUT2D eigenvalue weighted by atomic mass is 10.3. The summed E-state index contributed by atoms with van der Waals surface area (Å²) >= 11 is 3.18. The number of carbonyl (C=O) groups is 1. The molecule has 1 atom stereocenters. The van der Waals surface area contributed by atoms with Crippen LogP contribution >= 0.6 is 15.9 Å². The van der Waals surface area contributed by atoms with Crippen molar-refractivity contribution in [3.8, 4) is 0 Å². The van der Waals surface area contributed by atoms with Crippen LogP contribution in [0.25, 0.3) is 0 Å². The topological polar surface area (TPSA) is 92.7 Å². The smallest absolute Gasteiger partial charge is 0.326 e. The number of carbonyl (C=O) groups excluding carboxylic acids is 1. The van der Waals surface area contributed by atoms with Crippen LogP contribution in [0.1, 0.15) is 0 Å². The number of rotatable bonds is 5. The molecule has 100 valence electrons. The molecule has 0 radical (unpaired) electrons. The maximum absolute atomic E-state index is 11.9. The predicted octanol–water partition coefficient (Wildman–Crippen LogP) is 0.261. The third kappa shape index (κ3) is 3.77. The van der Waals surface area contributed by atoms with Gasteiger partial charge in [0.2, 0.25) is 10.0 Å². The van der Waals surface area contributed by atoms with E-state index in [0.29, 0.717) is 0 Å². The number of halogens is 1. The van der Waals surface area contributed by atoms with Gasteiger partial charge in [0.25, 0.3) is 0 Å². The largest absolute Gasteiger partial charge is 0.468 e. The molecular weight excluding hydrogens is 326 g/mol. The van der Waals surface area contributed by atoms with Gasteiger partial charge in [-0.2, -0.15) is 4.72 Å². The lowest BCUT2D eigenvalue weighted by Gasteiger charge is -2.14. The van der Waals surface area contributed by atoms with Gasteiger partial charge in [0.15, 0.2) is 0 Å². The molecule has 8 heteroatoms. The molecule has 1 aromatic rings. The van der Waals surface area contributed by atoms with Gasteiger partial charge in [0.05, 0.1) is 18.6 Å². The zero-order valence-corrected chi connectivity index (χ0v) is 11.9. The number of aliphatic hydroxyl groups is 1. The van der Waals surface area contributed by atoms with Crippen molar-refractivity contribution in [2.45, 2.75) is 10.9 Å². The second-order valence-electron chi connectivity index (χ2n) is 3.33. The minimum Gasteiger partial charge on any atom is -0.468 e. The molecule has 0 aliphatic heterocycles. The van der Waals surface area contributed by atoms with Crippen molar-refractivity contribution < 1.29 is 23.1 Å². The number of esters is 1. The highest BCUT2D eigenvalue weighted by atomic mass is 79.9. The normalized spacial score (nSPS) is 13.1. The van der Waals surface area contributed by atoms with Crippen molar-refractivity contribution in [3.63, 3.8) is 0 Å². The number of ether oxygens (including phenoxy) is 1. The average molecular weight is 338 g/mol. The lowest BCUT2D eigenvalue weighted by molar-refractivity contribution is -0.143. The van der Waals surface area contributed by atoms with Crippen molar-refractivity contribution in [3.05, 3.63) is 28.7 Å². The molecule has 1 aromatic carbocycles. The summed E-state index contributed by atoms with van der Waals surface area (Å²) in [6, 6.07) is 4.54. The SMILES string of the molecule is COC(=O)[C@H](CO)NS(=O)(=O)c1ccc(Br)cc1. The Kier molecular flexibility index (Phi) is 5.27. The second kappa shape index (κ2) is 6.28.